The van der Waals surface area contributed by atoms with Gasteiger partial charge < -0.3 is 10.5 Å². The monoisotopic (exact) mass is 282 g/mol. The van der Waals surface area contributed by atoms with Crippen molar-refractivity contribution in [2.45, 2.75) is 6.10 Å². The SMILES string of the molecule is NCC(Oc1cc(Cl)cc(Cl)c1)c1ccccn1. The summed E-state index contributed by atoms with van der Waals surface area (Å²) in [5, 5.41) is 1.04. The first-order valence-electron chi connectivity index (χ1n) is 5.43. The number of hydrogen-bond donors (Lipinski definition) is 1. The highest BCUT2D eigenvalue weighted by Crippen LogP contribution is 2.27. The van der Waals surface area contributed by atoms with Crippen LogP contribution in [0.15, 0.2) is 42.6 Å². The van der Waals surface area contributed by atoms with Crippen molar-refractivity contribution in [1.82, 2.24) is 4.98 Å². The molecule has 1 heterocycles. The molecule has 2 aromatic rings. The Balaban J connectivity index is 2.20. The second-order valence-corrected chi connectivity index (χ2v) is 4.57. The van der Waals surface area contributed by atoms with Crippen molar-refractivity contribution in [3.8, 4) is 5.75 Å². The minimum atomic E-state index is -0.319. The average molecular weight is 283 g/mol. The van der Waals surface area contributed by atoms with Gasteiger partial charge in [0.25, 0.3) is 0 Å². The van der Waals surface area contributed by atoms with Gasteiger partial charge in [-0.2, -0.15) is 0 Å². The Morgan fingerprint density at radius 1 is 1.17 bits per heavy atom. The van der Waals surface area contributed by atoms with Crippen LogP contribution in [0.3, 0.4) is 0 Å². The molecule has 1 aromatic heterocycles. The van der Waals surface area contributed by atoms with Crippen molar-refractivity contribution in [3.63, 3.8) is 0 Å². The Morgan fingerprint density at radius 3 is 2.44 bits per heavy atom. The molecule has 1 unspecified atom stereocenters. The second kappa shape index (κ2) is 6.05. The van der Waals surface area contributed by atoms with Gasteiger partial charge >= 0.3 is 0 Å². The zero-order valence-electron chi connectivity index (χ0n) is 9.51. The van der Waals surface area contributed by atoms with E-state index in [9.17, 15) is 0 Å². The summed E-state index contributed by atoms with van der Waals surface area (Å²) in [6.45, 7) is 0.321. The number of nitrogens with zero attached hydrogens (tertiary/aromatic N) is 1. The molecule has 2 N–H and O–H groups in total. The highest BCUT2D eigenvalue weighted by Gasteiger charge is 2.13. The molecule has 0 aliphatic carbocycles. The summed E-state index contributed by atoms with van der Waals surface area (Å²) in [6, 6.07) is 10.6. The minimum Gasteiger partial charge on any atom is -0.483 e. The third-order valence-electron chi connectivity index (χ3n) is 2.35. The Hall–Kier alpha value is -1.29. The fourth-order valence-electron chi connectivity index (χ4n) is 1.56. The third kappa shape index (κ3) is 3.35. The van der Waals surface area contributed by atoms with Crippen LogP contribution in [0.2, 0.25) is 10.0 Å². The predicted octanol–water partition coefficient (Wildman–Crippen LogP) is 3.47. The fourth-order valence-corrected chi connectivity index (χ4v) is 2.06. The van der Waals surface area contributed by atoms with Crippen LogP contribution in [0, 0.1) is 0 Å². The van der Waals surface area contributed by atoms with E-state index in [1.807, 2.05) is 18.2 Å². The largest absolute Gasteiger partial charge is 0.483 e. The highest BCUT2D eigenvalue weighted by atomic mass is 35.5. The lowest BCUT2D eigenvalue weighted by Gasteiger charge is -2.17. The maximum atomic E-state index is 5.91. The molecule has 0 fully saturated rings. The van der Waals surface area contributed by atoms with E-state index in [4.69, 9.17) is 33.7 Å². The lowest BCUT2D eigenvalue weighted by Crippen LogP contribution is -2.19. The number of pyridine rings is 1. The maximum absolute atomic E-state index is 5.91. The first-order chi connectivity index (χ1) is 8.69. The summed E-state index contributed by atoms with van der Waals surface area (Å²) in [5.74, 6) is 0.577. The summed E-state index contributed by atoms with van der Waals surface area (Å²) in [5.41, 5.74) is 6.47. The zero-order chi connectivity index (χ0) is 13.0. The molecule has 0 amide bonds. The van der Waals surface area contributed by atoms with Crippen molar-refractivity contribution in [2.75, 3.05) is 6.54 Å². The second-order valence-electron chi connectivity index (χ2n) is 3.70. The molecule has 0 radical (unpaired) electrons. The standard InChI is InChI=1S/C13H12Cl2N2O/c14-9-5-10(15)7-11(6-9)18-13(8-16)12-3-1-2-4-17-12/h1-7,13H,8,16H2. The Kier molecular flexibility index (Phi) is 4.42. The van der Waals surface area contributed by atoms with Gasteiger partial charge in [0.15, 0.2) is 6.10 Å². The van der Waals surface area contributed by atoms with Gasteiger partial charge in [-0.1, -0.05) is 29.3 Å². The lowest BCUT2D eigenvalue weighted by atomic mass is 10.2. The van der Waals surface area contributed by atoms with Crippen molar-refractivity contribution >= 4 is 23.2 Å². The van der Waals surface area contributed by atoms with Crippen LogP contribution in [0.5, 0.6) is 5.75 Å². The Bertz CT molecular complexity index is 499. The van der Waals surface area contributed by atoms with Crippen LogP contribution in [-0.2, 0) is 0 Å². The molecule has 1 aromatic carbocycles. The molecule has 1 atom stereocenters. The number of hydrogen-bond acceptors (Lipinski definition) is 3. The summed E-state index contributed by atoms with van der Waals surface area (Å²) in [7, 11) is 0. The van der Waals surface area contributed by atoms with Crippen LogP contribution in [0.1, 0.15) is 11.8 Å². The van der Waals surface area contributed by atoms with Gasteiger partial charge in [-0.05, 0) is 30.3 Å². The Labute approximate surface area is 115 Å². The van der Waals surface area contributed by atoms with E-state index in [0.29, 0.717) is 22.3 Å². The number of nitrogens with two attached hydrogens (primary N) is 1. The van der Waals surface area contributed by atoms with Crippen molar-refractivity contribution in [2.24, 2.45) is 5.73 Å². The number of benzene rings is 1. The first-order valence-corrected chi connectivity index (χ1v) is 6.18. The molecule has 0 aliphatic rings. The van der Waals surface area contributed by atoms with Crippen LogP contribution < -0.4 is 10.5 Å². The van der Waals surface area contributed by atoms with E-state index in [1.54, 1.807) is 24.4 Å². The van der Waals surface area contributed by atoms with Gasteiger partial charge in [0.05, 0.1) is 5.69 Å². The van der Waals surface area contributed by atoms with Gasteiger partial charge in [-0.25, -0.2) is 0 Å². The predicted molar refractivity (Wildman–Crippen MR) is 73.1 cm³/mol. The van der Waals surface area contributed by atoms with Crippen LogP contribution in [0.4, 0.5) is 0 Å². The molecule has 0 aliphatic heterocycles. The summed E-state index contributed by atoms with van der Waals surface area (Å²) in [6.07, 6.45) is 1.38. The van der Waals surface area contributed by atoms with Crippen LogP contribution in [0.25, 0.3) is 0 Å². The van der Waals surface area contributed by atoms with E-state index in [0.717, 1.165) is 5.69 Å². The van der Waals surface area contributed by atoms with E-state index in [1.165, 1.54) is 0 Å². The van der Waals surface area contributed by atoms with Crippen LogP contribution in [-0.4, -0.2) is 11.5 Å². The maximum Gasteiger partial charge on any atom is 0.153 e. The van der Waals surface area contributed by atoms with Crippen molar-refractivity contribution in [1.29, 1.82) is 0 Å². The first kappa shape index (κ1) is 13.1. The van der Waals surface area contributed by atoms with Crippen LogP contribution >= 0.6 is 23.2 Å². The fraction of sp³-hybridized carbons (Fsp3) is 0.154. The molecule has 5 heteroatoms. The zero-order valence-corrected chi connectivity index (χ0v) is 11.0. The molecular formula is C13H12Cl2N2O. The van der Waals surface area contributed by atoms with Gasteiger partial charge in [0.1, 0.15) is 5.75 Å². The number of aromatic nitrogens is 1. The number of rotatable bonds is 4. The molecule has 0 bridgehead atoms. The number of ether oxygens (including phenoxy) is 1. The van der Waals surface area contributed by atoms with Gasteiger partial charge in [0, 0.05) is 22.8 Å². The minimum absolute atomic E-state index is 0.319. The van der Waals surface area contributed by atoms with Gasteiger partial charge in [-0.15, -0.1) is 0 Å². The molecule has 2 rings (SSSR count). The molecular weight excluding hydrogens is 271 g/mol. The lowest BCUT2D eigenvalue weighted by molar-refractivity contribution is 0.209. The van der Waals surface area contributed by atoms with E-state index < -0.39 is 0 Å². The Morgan fingerprint density at radius 2 is 1.89 bits per heavy atom. The van der Waals surface area contributed by atoms with Crippen molar-refractivity contribution < 1.29 is 4.74 Å². The molecule has 94 valence electrons. The summed E-state index contributed by atoms with van der Waals surface area (Å²) >= 11 is 11.8. The summed E-state index contributed by atoms with van der Waals surface area (Å²) < 4.78 is 5.75. The molecule has 3 nitrogen and oxygen atoms in total. The van der Waals surface area contributed by atoms with Gasteiger partial charge in [-0.3, -0.25) is 4.98 Å². The molecule has 0 spiro atoms. The average Bonchev–Trinajstić information content (AvgIpc) is 2.36. The molecule has 18 heavy (non-hydrogen) atoms. The van der Waals surface area contributed by atoms with Gasteiger partial charge in [0.2, 0.25) is 0 Å². The normalized spacial score (nSPS) is 12.2. The topological polar surface area (TPSA) is 48.1 Å². The highest BCUT2D eigenvalue weighted by molar-refractivity contribution is 6.34. The van der Waals surface area contributed by atoms with Crippen molar-refractivity contribution in [3.05, 3.63) is 58.3 Å². The van der Waals surface area contributed by atoms with E-state index >= 15 is 0 Å². The smallest absolute Gasteiger partial charge is 0.153 e. The summed E-state index contributed by atoms with van der Waals surface area (Å²) in [4.78, 5) is 4.22. The third-order valence-corrected chi connectivity index (χ3v) is 2.78. The van der Waals surface area contributed by atoms with E-state index in [-0.39, 0.29) is 6.10 Å². The van der Waals surface area contributed by atoms with E-state index in [2.05, 4.69) is 4.98 Å². The number of halogens is 2. The molecule has 0 saturated heterocycles. The molecule has 0 saturated carbocycles. The quantitative estimate of drug-likeness (QED) is 0.934.